The van der Waals surface area contributed by atoms with Crippen LogP contribution in [0.2, 0.25) is 0 Å². The second kappa shape index (κ2) is 10.2. The van der Waals surface area contributed by atoms with Gasteiger partial charge in [-0.1, -0.05) is 43.2 Å². The number of pyridine rings is 1. The summed E-state index contributed by atoms with van der Waals surface area (Å²) in [5.74, 6) is -2.06. The van der Waals surface area contributed by atoms with Crippen LogP contribution in [0.25, 0.3) is 0 Å². The lowest BCUT2D eigenvalue weighted by Crippen LogP contribution is -2.52. The Morgan fingerprint density at radius 1 is 0.919 bits per heavy atom. The first-order valence-electron chi connectivity index (χ1n) is 12.0. The lowest BCUT2D eigenvalue weighted by molar-refractivity contribution is -0.143. The molecule has 1 aliphatic rings. The van der Waals surface area contributed by atoms with Gasteiger partial charge in [0.15, 0.2) is 0 Å². The number of amides is 1. The normalized spacial score (nSPS) is 21.3. The summed E-state index contributed by atoms with van der Waals surface area (Å²) in [5, 5.41) is 3.09. The molecule has 0 aliphatic heterocycles. The number of hydrogen-bond donors (Lipinski definition) is 1. The Bertz CT molecular complexity index is 1190. The number of aromatic nitrogens is 1. The van der Waals surface area contributed by atoms with Gasteiger partial charge in [-0.25, -0.2) is 0 Å². The molecule has 3 atom stereocenters. The fraction of sp³-hybridized carbons (Fsp3) is 0.357. The zero-order chi connectivity index (χ0) is 26.8. The molecule has 1 heterocycles. The van der Waals surface area contributed by atoms with Gasteiger partial charge in [-0.15, -0.1) is 0 Å². The molecule has 1 N–H and O–H groups in total. The van der Waals surface area contributed by atoms with E-state index in [-0.39, 0.29) is 17.5 Å². The average Bonchev–Trinajstić information content (AvgIpc) is 2.88. The summed E-state index contributed by atoms with van der Waals surface area (Å²) in [6.07, 6.45) is -3.64. The molecule has 3 nitrogen and oxygen atoms in total. The minimum atomic E-state index is -4.99. The van der Waals surface area contributed by atoms with Crippen LogP contribution in [0.1, 0.15) is 72.3 Å². The van der Waals surface area contributed by atoms with Crippen LogP contribution in [0.15, 0.2) is 73.1 Å². The van der Waals surface area contributed by atoms with Gasteiger partial charge in [0.25, 0.3) is 0 Å². The predicted molar refractivity (Wildman–Crippen MR) is 127 cm³/mol. The highest BCUT2D eigenvalue weighted by atomic mass is 19.4. The summed E-state index contributed by atoms with van der Waals surface area (Å²) in [6.45, 7) is 1.33. The van der Waals surface area contributed by atoms with Gasteiger partial charge in [-0.2, -0.15) is 26.3 Å². The van der Waals surface area contributed by atoms with Crippen molar-refractivity contribution >= 4 is 5.91 Å². The zero-order valence-electron chi connectivity index (χ0n) is 20.0. The maximum atomic E-state index is 13.6. The van der Waals surface area contributed by atoms with Gasteiger partial charge in [-0.05, 0) is 66.8 Å². The minimum Gasteiger partial charge on any atom is -0.345 e. The van der Waals surface area contributed by atoms with E-state index >= 15 is 0 Å². The molecule has 0 bridgehead atoms. The van der Waals surface area contributed by atoms with Crippen molar-refractivity contribution in [2.75, 3.05) is 0 Å². The molecule has 1 fully saturated rings. The largest absolute Gasteiger partial charge is 0.416 e. The molecular weight excluding hydrogens is 494 g/mol. The molecule has 0 saturated heterocycles. The van der Waals surface area contributed by atoms with Crippen LogP contribution < -0.4 is 5.32 Å². The molecule has 9 heteroatoms. The number of rotatable bonds is 5. The number of carbonyl (C=O) groups excluding carboxylic acids is 1. The van der Waals surface area contributed by atoms with E-state index in [0.717, 1.165) is 30.4 Å². The Hall–Kier alpha value is -3.36. The first kappa shape index (κ1) is 26.7. The Balaban J connectivity index is 1.76. The highest BCUT2D eigenvalue weighted by Crippen LogP contribution is 2.48. The van der Waals surface area contributed by atoms with Gasteiger partial charge in [-0.3, -0.25) is 9.78 Å². The van der Waals surface area contributed by atoms with E-state index in [2.05, 4.69) is 10.3 Å². The van der Waals surface area contributed by atoms with E-state index in [1.165, 1.54) is 6.92 Å². The summed E-state index contributed by atoms with van der Waals surface area (Å²) >= 11 is 0. The van der Waals surface area contributed by atoms with Gasteiger partial charge >= 0.3 is 12.4 Å². The third-order valence-corrected chi connectivity index (χ3v) is 7.16. The molecule has 1 aliphatic carbocycles. The molecular formula is C28H26F6N2O. The summed E-state index contributed by atoms with van der Waals surface area (Å²) < 4.78 is 80.5. The smallest absolute Gasteiger partial charge is 0.345 e. The number of hydrogen-bond acceptors (Lipinski definition) is 2. The van der Waals surface area contributed by atoms with Gasteiger partial charge in [0.1, 0.15) is 0 Å². The third kappa shape index (κ3) is 5.65. The van der Waals surface area contributed by atoms with Crippen LogP contribution in [-0.4, -0.2) is 10.9 Å². The van der Waals surface area contributed by atoms with E-state index in [1.807, 2.05) is 42.5 Å². The summed E-state index contributed by atoms with van der Waals surface area (Å²) in [7, 11) is 0. The van der Waals surface area contributed by atoms with Gasteiger partial charge < -0.3 is 5.32 Å². The fourth-order valence-electron chi connectivity index (χ4n) is 5.23. The van der Waals surface area contributed by atoms with Gasteiger partial charge in [0.05, 0.1) is 22.6 Å². The molecule has 0 radical (unpaired) electrons. The Morgan fingerprint density at radius 2 is 1.51 bits per heavy atom. The van der Waals surface area contributed by atoms with E-state index in [9.17, 15) is 31.1 Å². The third-order valence-electron chi connectivity index (χ3n) is 7.16. The van der Waals surface area contributed by atoms with Crippen LogP contribution in [-0.2, 0) is 22.7 Å². The van der Waals surface area contributed by atoms with Crippen molar-refractivity contribution in [3.63, 3.8) is 0 Å². The van der Waals surface area contributed by atoms with Gasteiger partial charge in [0.2, 0.25) is 5.91 Å². The van der Waals surface area contributed by atoms with Crippen LogP contribution in [0, 0.1) is 0 Å². The van der Waals surface area contributed by atoms with Crippen molar-refractivity contribution in [2.24, 2.45) is 0 Å². The molecule has 4 rings (SSSR count). The SMILES string of the molecule is CC(C(=O)N[C@]1(c2ccccc2)CCCC[C@@H]1c1ccncc1)c1cc(C(F)(F)F)cc(C(F)(F)F)c1. The van der Waals surface area contributed by atoms with E-state index in [0.29, 0.717) is 18.6 Å². The fourth-order valence-corrected chi connectivity index (χ4v) is 5.23. The number of benzene rings is 2. The lowest BCUT2D eigenvalue weighted by Gasteiger charge is -2.46. The highest BCUT2D eigenvalue weighted by molar-refractivity contribution is 5.84. The number of nitrogens with zero attached hydrogens (tertiary/aromatic N) is 1. The van der Waals surface area contributed by atoms with Gasteiger partial charge in [0, 0.05) is 18.3 Å². The van der Waals surface area contributed by atoms with Crippen LogP contribution in [0.4, 0.5) is 26.3 Å². The quantitative estimate of drug-likeness (QED) is 0.352. The van der Waals surface area contributed by atoms with Crippen molar-refractivity contribution in [3.05, 3.63) is 101 Å². The monoisotopic (exact) mass is 520 g/mol. The summed E-state index contributed by atoms with van der Waals surface area (Å²) in [6, 6.07) is 14.3. The van der Waals surface area contributed by atoms with E-state index < -0.39 is 40.8 Å². The lowest BCUT2D eigenvalue weighted by atomic mass is 9.66. The van der Waals surface area contributed by atoms with E-state index in [4.69, 9.17) is 0 Å². The number of halogens is 6. The Morgan fingerprint density at radius 3 is 2.08 bits per heavy atom. The zero-order valence-corrected chi connectivity index (χ0v) is 20.0. The minimum absolute atomic E-state index is 0.0696. The summed E-state index contributed by atoms with van der Waals surface area (Å²) in [4.78, 5) is 17.7. The van der Waals surface area contributed by atoms with Crippen molar-refractivity contribution in [1.82, 2.24) is 10.3 Å². The van der Waals surface area contributed by atoms with Crippen molar-refractivity contribution in [1.29, 1.82) is 0 Å². The Kier molecular flexibility index (Phi) is 7.35. The topological polar surface area (TPSA) is 42.0 Å². The first-order chi connectivity index (χ1) is 17.4. The molecule has 37 heavy (non-hydrogen) atoms. The maximum Gasteiger partial charge on any atom is 0.416 e. The second-order valence-electron chi connectivity index (χ2n) is 9.47. The predicted octanol–water partition coefficient (Wildman–Crippen LogP) is 7.59. The van der Waals surface area contributed by atoms with Crippen LogP contribution >= 0.6 is 0 Å². The second-order valence-corrected chi connectivity index (χ2v) is 9.47. The number of carbonyl (C=O) groups is 1. The molecule has 3 aromatic rings. The highest BCUT2D eigenvalue weighted by Gasteiger charge is 2.45. The first-order valence-corrected chi connectivity index (χ1v) is 12.0. The van der Waals surface area contributed by atoms with E-state index in [1.54, 1.807) is 12.4 Å². The van der Waals surface area contributed by atoms with Crippen molar-refractivity contribution < 1.29 is 31.1 Å². The number of alkyl halides is 6. The average molecular weight is 521 g/mol. The molecule has 1 unspecified atom stereocenters. The summed E-state index contributed by atoms with van der Waals surface area (Å²) in [5.41, 5.74) is -2.34. The molecule has 196 valence electrons. The molecule has 1 aromatic heterocycles. The molecule has 2 aromatic carbocycles. The van der Waals surface area contributed by atoms with Crippen molar-refractivity contribution in [3.8, 4) is 0 Å². The van der Waals surface area contributed by atoms with Crippen molar-refractivity contribution in [2.45, 2.75) is 62.3 Å². The number of nitrogens with one attached hydrogen (secondary N) is 1. The molecule has 1 amide bonds. The molecule has 1 saturated carbocycles. The Labute approximate surface area is 210 Å². The van der Waals surface area contributed by atoms with Crippen LogP contribution in [0.5, 0.6) is 0 Å². The molecule has 0 spiro atoms. The maximum absolute atomic E-state index is 13.6. The standard InChI is InChI=1S/C28H26F6N2O/c1-18(20-15-22(27(29,30)31)17-23(16-20)28(32,33)34)25(37)36-26(21-7-3-2-4-8-21)12-6-5-9-24(26)19-10-13-35-14-11-19/h2-4,7-8,10-11,13-18,24H,5-6,9,12H2,1H3,(H,36,37)/t18?,24-,26+/m1/s1. The van der Waals surface area contributed by atoms with Crippen LogP contribution in [0.3, 0.4) is 0 Å².